The topological polar surface area (TPSA) is 49.4 Å². The van der Waals surface area contributed by atoms with E-state index < -0.39 is 0 Å². The molecule has 0 spiro atoms. The first-order valence-corrected chi connectivity index (χ1v) is 8.34. The van der Waals surface area contributed by atoms with Crippen molar-refractivity contribution in [2.75, 3.05) is 16.8 Å². The fourth-order valence-electron chi connectivity index (χ4n) is 2.93. The lowest BCUT2D eigenvalue weighted by atomic mass is 10.1. The fraction of sp³-hybridized carbons (Fsp3) is 0.222. The van der Waals surface area contributed by atoms with E-state index in [1.165, 1.54) is 19.1 Å². The molecule has 2 aromatic rings. The molecule has 2 aromatic carbocycles. The van der Waals surface area contributed by atoms with Crippen LogP contribution in [0.1, 0.15) is 28.4 Å². The molecule has 1 N–H and O–H groups in total. The van der Waals surface area contributed by atoms with Gasteiger partial charge in [-0.2, -0.15) is 0 Å². The largest absolute Gasteiger partial charge is 0.324 e. The molecule has 0 unspecified atom stereocenters. The number of carbonyl (C=O) groups is 2. The van der Waals surface area contributed by atoms with Crippen molar-refractivity contribution in [1.82, 2.24) is 0 Å². The fourth-order valence-corrected chi connectivity index (χ4v) is 3.44. The zero-order valence-corrected chi connectivity index (χ0v) is 14.9. The molecule has 0 atom stereocenters. The molecule has 0 saturated heterocycles. The van der Waals surface area contributed by atoms with Crippen LogP contribution in [0.25, 0.3) is 0 Å². The van der Waals surface area contributed by atoms with Gasteiger partial charge in [0.05, 0.1) is 11.4 Å². The summed E-state index contributed by atoms with van der Waals surface area (Å²) in [6, 6.07) is 8.06. The number of aryl methyl sites for hydroxylation is 1. The molecule has 4 nitrogen and oxygen atoms in total. The first-order valence-electron chi connectivity index (χ1n) is 7.55. The summed E-state index contributed by atoms with van der Waals surface area (Å²) in [5.41, 5.74) is 3.15. The van der Waals surface area contributed by atoms with Crippen molar-refractivity contribution in [1.29, 1.82) is 0 Å². The molecule has 1 aliphatic heterocycles. The van der Waals surface area contributed by atoms with Crippen LogP contribution in [0.15, 0.2) is 34.8 Å². The predicted molar refractivity (Wildman–Crippen MR) is 95.0 cm³/mol. The second-order valence-electron chi connectivity index (χ2n) is 5.81. The van der Waals surface area contributed by atoms with E-state index in [4.69, 9.17) is 0 Å². The Bertz CT molecular complexity index is 851. The molecule has 3 rings (SSSR count). The standard InChI is InChI=1S/C18H16BrFN2O2/c1-10-7-13(3-4-15(10)20)18(24)22-6-5-12-8-14(19)9-16(17(12)22)21-11(2)23/h3-4,7-9H,5-6H2,1-2H3,(H,21,23). The van der Waals surface area contributed by atoms with Crippen LogP contribution in [0, 0.1) is 12.7 Å². The third kappa shape index (κ3) is 3.06. The summed E-state index contributed by atoms with van der Waals surface area (Å²) in [5.74, 6) is -0.741. The van der Waals surface area contributed by atoms with E-state index in [2.05, 4.69) is 21.2 Å². The summed E-state index contributed by atoms with van der Waals surface area (Å²) in [4.78, 5) is 26.0. The molecule has 0 saturated carbocycles. The highest BCUT2D eigenvalue weighted by Gasteiger charge is 2.29. The zero-order chi connectivity index (χ0) is 17.4. The van der Waals surface area contributed by atoms with Crippen molar-refractivity contribution in [3.8, 4) is 0 Å². The Kier molecular flexibility index (Phi) is 4.41. The number of nitrogens with one attached hydrogen (secondary N) is 1. The maximum absolute atomic E-state index is 13.5. The second kappa shape index (κ2) is 6.36. The summed E-state index contributed by atoms with van der Waals surface area (Å²) < 4.78 is 14.3. The van der Waals surface area contributed by atoms with Crippen LogP contribution in [-0.2, 0) is 11.2 Å². The van der Waals surface area contributed by atoms with Crippen molar-refractivity contribution in [3.05, 3.63) is 57.3 Å². The molecule has 1 aliphatic rings. The summed E-state index contributed by atoms with van der Waals surface area (Å²) in [6.45, 7) is 3.58. The quantitative estimate of drug-likeness (QED) is 0.840. The van der Waals surface area contributed by atoms with Gasteiger partial charge in [-0.25, -0.2) is 4.39 Å². The third-order valence-electron chi connectivity index (χ3n) is 3.99. The number of fused-ring (bicyclic) bond motifs is 1. The number of amides is 2. The van der Waals surface area contributed by atoms with E-state index in [0.29, 0.717) is 35.5 Å². The van der Waals surface area contributed by atoms with Gasteiger partial charge >= 0.3 is 0 Å². The molecule has 24 heavy (non-hydrogen) atoms. The van der Waals surface area contributed by atoms with Crippen LogP contribution < -0.4 is 10.2 Å². The number of hydrogen-bond acceptors (Lipinski definition) is 2. The van der Waals surface area contributed by atoms with Gasteiger partial charge in [0, 0.05) is 23.5 Å². The van der Waals surface area contributed by atoms with Crippen molar-refractivity contribution in [3.63, 3.8) is 0 Å². The number of benzene rings is 2. The van der Waals surface area contributed by atoms with Gasteiger partial charge in [0.1, 0.15) is 5.82 Å². The lowest BCUT2D eigenvalue weighted by Gasteiger charge is -2.21. The van der Waals surface area contributed by atoms with Crippen LogP contribution in [0.5, 0.6) is 0 Å². The van der Waals surface area contributed by atoms with Crippen molar-refractivity contribution < 1.29 is 14.0 Å². The summed E-state index contributed by atoms with van der Waals surface area (Å²) in [7, 11) is 0. The van der Waals surface area contributed by atoms with Crippen LogP contribution in [0.2, 0.25) is 0 Å². The van der Waals surface area contributed by atoms with Crippen LogP contribution >= 0.6 is 15.9 Å². The Morgan fingerprint density at radius 2 is 2.00 bits per heavy atom. The van der Waals surface area contributed by atoms with Gasteiger partial charge in [-0.3, -0.25) is 9.59 Å². The van der Waals surface area contributed by atoms with Gasteiger partial charge in [-0.05, 0) is 54.8 Å². The number of rotatable bonds is 2. The average molecular weight is 391 g/mol. The maximum Gasteiger partial charge on any atom is 0.258 e. The SMILES string of the molecule is CC(=O)Nc1cc(Br)cc2c1N(C(=O)c1ccc(F)c(C)c1)CC2. The van der Waals surface area contributed by atoms with Gasteiger partial charge in [0.2, 0.25) is 5.91 Å². The summed E-state index contributed by atoms with van der Waals surface area (Å²) >= 11 is 3.43. The van der Waals surface area contributed by atoms with E-state index in [0.717, 1.165) is 10.0 Å². The van der Waals surface area contributed by atoms with Gasteiger partial charge < -0.3 is 10.2 Å². The first kappa shape index (κ1) is 16.6. The van der Waals surface area contributed by atoms with Crippen LogP contribution in [-0.4, -0.2) is 18.4 Å². The molecule has 0 aromatic heterocycles. The normalized spacial score (nSPS) is 12.9. The minimum atomic E-state index is -0.337. The molecule has 0 fully saturated rings. The Labute approximate surface area is 147 Å². The second-order valence-corrected chi connectivity index (χ2v) is 6.73. The molecule has 0 aliphatic carbocycles. The van der Waals surface area contributed by atoms with E-state index >= 15 is 0 Å². The van der Waals surface area contributed by atoms with Crippen LogP contribution in [0.3, 0.4) is 0 Å². The molecule has 6 heteroatoms. The smallest absolute Gasteiger partial charge is 0.258 e. The van der Waals surface area contributed by atoms with Gasteiger partial charge in [-0.1, -0.05) is 15.9 Å². The molecule has 124 valence electrons. The van der Waals surface area contributed by atoms with E-state index in [9.17, 15) is 14.0 Å². The minimum Gasteiger partial charge on any atom is -0.324 e. The van der Waals surface area contributed by atoms with Gasteiger partial charge in [0.25, 0.3) is 5.91 Å². The van der Waals surface area contributed by atoms with Crippen molar-refractivity contribution >= 4 is 39.1 Å². The maximum atomic E-state index is 13.5. The molecule has 0 bridgehead atoms. The third-order valence-corrected chi connectivity index (χ3v) is 4.45. The Hall–Kier alpha value is -2.21. The van der Waals surface area contributed by atoms with E-state index in [1.807, 2.05) is 6.07 Å². The highest BCUT2D eigenvalue weighted by molar-refractivity contribution is 9.10. The van der Waals surface area contributed by atoms with E-state index in [1.54, 1.807) is 24.0 Å². The Balaban J connectivity index is 2.03. The number of carbonyl (C=O) groups excluding carboxylic acids is 2. The number of hydrogen-bond donors (Lipinski definition) is 1. The minimum absolute atomic E-state index is 0.202. The lowest BCUT2D eigenvalue weighted by molar-refractivity contribution is -0.114. The Morgan fingerprint density at radius 1 is 1.25 bits per heavy atom. The molecule has 0 radical (unpaired) electrons. The number of halogens is 2. The van der Waals surface area contributed by atoms with E-state index in [-0.39, 0.29) is 17.6 Å². The lowest BCUT2D eigenvalue weighted by Crippen LogP contribution is -2.29. The number of nitrogens with zero attached hydrogens (tertiary/aromatic N) is 1. The highest BCUT2D eigenvalue weighted by Crippen LogP contribution is 2.39. The monoisotopic (exact) mass is 390 g/mol. The average Bonchev–Trinajstić information content (AvgIpc) is 2.92. The van der Waals surface area contributed by atoms with Crippen molar-refractivity contribution in [2.24, 2.45) is 0 Å². The highest BCUT2D eigenvalue weighted by atomic mass is 79.9. The summed E-state index contributed by atoms with van der Waals surface area (Å²) in [6.07, 6.45) is 0.702. The Morgan fingerprint density at radius 3 is 2.67 bits per heavy atom. The first-order chi connectivity index (χ1) is 11.4. The predicted octanol–water partition coefficient (Wildman–Crippen LogP) is 4.06. The summed E-state index contributed by atoms with van der Waals surface area (Å²) in [5, 5.41) is 2.78. The van der Waals surface area contributed by atoms with Crippen molar-refractivity contribution in [2.45, 2.75) is 20.3 Å². The molecule has 2 amide bonds. The zero-order valence-electron chi connectivity index (χ0n) is 13.3. The molecular formula is C18H16BrFN2O2. The van der Waals surface area contributed by atoms with Crippen LogP contribution in [0.4, 0.5) is 15.8 Å². The molecule has 1 heterocycles. The van der Waals surface area contributed by atoms with Gasteiger partial charge in [0.15, 0.2) is 0 Å². The van der Waals surface area contributed by atoms with Gasteiger partial charge in [-0.15, -0.1) is 0 Å². The molecular weight excluding hydrogens is 375 g/mol. The number of anilines is 2.